The maximum absolute atomic E-state index is 13.7. The first-order valence-electron chi connectivity index (χ1n) is 6.66. The molecule has 2 N–H and O–H groups in total. The van der Waals surface area contributed by atoms with Crippen LogP contribution in [0.4, 0.5) is 4.39 Å². The van der Waals surface area contributed by atoms with Gasteiger partial charge in [-0.1, -0.05) is 36.4 Å². The largest absolute Gasteiger partial charge is 0.496 e. The third-order valence-electron chi connectivity index (χ3n) is 3.34. The third kappa shape index (κ3) is 3.58. The molecule has 106 valence electrons. The van der Waals surface area contributed by atoms with Gasteiger partial charge in [0.2, 0.25) is 0 Å². The van der Waals surface area contributed by atoms with Crippen molar-refractivity contribution >= 4 is 0 Å². The highest BCUT2D eigenvalue weighted by Crippen LogP contribution is 2.24. The number of benzene rings is 2. The third-order valence-corrected chi connectivity index (χ3v) is 3.34. The van der Waals surface area contributed by atoms with Gasteiger partial charge >= 0.3 is 0 Å². The maximum atomic E-state index is 13.7. The zero-order valence-corrected chi connectivity index (χ0v) is 11.9. The summed E-state index contributed by atoms with van der Waals surface area (Å²) in [5.74, 6) is 0.613. The van der Waals surface area contributed by atoms with Crippen LogP contribution in [0.3, 0.4) is 0 Å². The van der Waals surface area contributed by atoms with Gasteiger partial charge in [-0.05, 0) is 43.0 Å². The van der Waals surface area contributed by atoms with Crippen LogP contribution in [0, 0.1) is 5.82 Å². The van der Waals surface area contributed by atoms with Crippen LogP contribution in [-0.4, -0.2) is 12.6 Å². The second-order valence-electron chi connectivity index (χ2n) is 5.41. The molecule has 20 heavy (non-hydrogen) atoms. The van der Waals surface area contributed by atoms with Crippen LogP contribution in [0.15, 0.2) is 48.5 Å². The molecule has 0 saturated heterocycles. The van der Waals surface area contributed by atoms with Gasteiger partial charge in [-0.3, -0.25) is 0 Å². The van der Waals surface area contributed by atoms with Crippen molar-refractivity contribution in [2.24, 2.45) is 5.73 Å². The summed E-state index contributed by atoms with van der Waals surface area (Å²) in [4.78, 5) is 0. The van der Waals surface area contributed by atoms with Crippen molar-refractivity contribution in [2.75, 3.05) is 7.11 Å². The molecule has 0 spiro atoms. The predicted molar refractivity (Wildman–Crippen MR) is 79.4 cm³/mol. The summed E-state index contributed by atoms with van der Waals surface area (Å²) in [5.41, 5.74) is 7.50. The summed E-state index contributed by atoms with van der Waals surface area (Å²) in [6.07, 6.45) is 1.11. The van der Waals surface area contributed by atoms with E-state index in [0.29, 0.717) is 18.4 Å². The SMILES string of the molecule is COc1ccccc1CC(C)(N)Cc1ccccc1F. The normalized spacial score (nSPS) is 13.8. The molecule has 0 amide bonds. The highest BCUT2D eigenvalue weighted by atomic mass is 19.1. The zero-order valence-electron chi connectivity index (χ0n) is 11.9. The molecular formula is C17H20FNO. The monoisotopic (exact) mass is 273 g/mol. The van der Waals surface area contributed by atoms with Gasteiger partial charge in [-0.2, -0.15) is 0 Å². The zero-order chi connectivity index (χ0) is 14.6. The molecule has 0 radical (unpaired) electrons. The van der Waals surface area contributed by atoms with Crippen LogP contribution in [0.1, 0.15) is 18.1 Å². The summed E-state index contributed by atoms with van der Waals surface area (Å²) in [5, 5.41) is 0. The topological polar surface area (TPSA) is 35.2 Å². The van der Waals surface area contributed by atoms with Gasteiger partial charge < -0.3 is 10.5 Å². The molecule has 0 fully saturated rings. The van der Waals surface area contributed by atoms with E-state index in [-0.39, 0.29) is 5.82 Å². The molecule has 0 saturated carbocycles. The van der Waals surface area contributed by atoms with Crippen molar-refractivity contribution in [2.45, 2.75) is 25.3 Å². The molecule has 3 heteroatoms. The summed E-state index contributed by atoms with van der Waals surface area (Å²) >= 11 is 0. The summed E-state index contributed by atoms with van der Waals surface area (Å²) in [6.45, 7) is 1.94. The van der Waals surface area contributed by atoms with Crippen molar-refractivity contribution in [1.29, 1.82) is 0 Å². The Morgan fingerprint density at radius 2 is 1.55 bits per heavy atom. The number of halogens is 1. The first kappa shape index (κ1) is 14.5. The Kier molecular flexibility index (Phi) is 4.40. The lowest BCUT2D eigenvalue weighted by Crippen LogP contribution is -2.41. The maximum Gasteiger partial charge on any atom is 0.126 e. The minimum Gasteiger partial charge on any atom is -0.496 e. The molecular weight excluding hydrogens is 253 g/mol. The highest BCUT2D eigenvalue weighted by Gasteiger charge is 2.22. The number of ether oxygens (including phenoxy) is 1. The number of hydrogen-bond acceptors (Lipinski definition) is 2. The van der Waals surface area contributed by atoms with Gasteiger partial charge in [0, 0.05) is 5.54 Å². The molecule has 0 bridgehead atoms. The van der Waals surface area contributed by atoms with Gasteiger partial charge in [0.1, 0.15) is 11.6 Å². The van der Waals surface area contributed by atoms with E-state index in [9.17, 15) is 4.39 Å². The first-order chi connectivity index (χ1) is 9.52. The average Bonchev–Trinajstić information content (AvgIpc) is 2.41. The molecule has 0 heterocycles. The van der Waals surface area contributed by atoms with Crippen molar-refractivity contribution in [3.05, 3.63) is 65.5 Å². The molecule has 0 aliphatic heterocycles. The van der Waals surface area contributed by atoms with Crippen LogP contribution < -0.4 is 10.5 Å². The molecule has 2 rings (SSSR count). The van der Waals surface area contributed by atoms with Crippen molar-refractivity contribution in [3.8, 4) is 5.75 Å². The Morgan fingerprint density at radius 1 is 1.00 bits per heavy atom. The van der Waals surface area contributed by atoms with Gasteiger partial charge in [0.05, 0.1) is 7.11 Å². The van der Waals surface area contributed by atoms with E-state index in [1.165, 1.54) is 6.07 Å². The molecule has 0 aliphatic rings. The van der Waals surface area contributed by atoms with Crippen molar-refractivity contribution in [3.63, 3.8) is 0 Å². The smallest absolute Gasteiger partial charge is 0.126 e. The van der Waals surface area contributed by atoms with E-state index >= 15 is 0 Å². The van der Waals surface area contributed by atoms with E-state index in [1.54, 1.807) is 19.2 Å². The Balaban J connectivity index is 2.17. The minimum absolute atomic E-state index is 0.204. The number of hydrogen-bond donors (Lipinski definition) is 1. The Bertz CT molecular complexity index is 581. The van der Waals surface area contributed by atoms with Crippen LogP contribution >= 0.6 is 0 Å². The van der Waals surface area contributed by atoms with Crippen LogP contribution in [0.2, 0.25) is 0 Å². The molecule has 1 unspecified atom stereocenters. The van der Waals surface area contributed by atoms with E-state index in [4.69, 9.17) is 10.5 Å². The van der Waals surface area contributed by atoms with Crippen molar-refractivity contribution < 1.29 is 9.13 Å². The van der Waals surface area contributed by atoms with E-state index < -0.39 is 5.54 Å². The van der Waals surface area contributed by atoms with Gasteiger partial charge in [0.15, 0.2) is 0 Å². The molecule has 0 aliphatic carbocycles. The second-order valence-corrected chi connectivity index (χ2v) is 5.41. The summed E-state index contributed by atoms with van der Waals surface area (Å²) < 4.78 is 19.1. The van der Waals surface area contributed by atoms with Crippen LogP contribution in [-0.2, 0) is 12.8 Å². The minimum atomic E-state index is -0.531. The van der Waals surface area contributed by atoms with E-state index in [2.05, 4.69) is 0 Å². The molecule has 0 aromatic heterocycles. The lowest BCUT2D eigenvalue weighted by atomic mass is 9.87. The fraction of sp³-hybridized carbons (Fsp3) is 0.294. The standard InChI is InChI=1S/C17H20FNO/c1-17(19,11-13-7-3-5-9-15(13)18)12-14-8-4-6-10-16(14)20-2/h3-10H,11-12,19H2,1-2H3. The Morgan fingerprint density at radius 3 is 2.20 bits per heavy atom. The number of rotatable bonds is 5. The molecule has 2 aromatic carbocycles. The lowest BCUT2D eigenvalue weighted by molar-refractivity contribution is 0.395. The average molecular weight is 273 g/mol. The second kappa shape index (κ2) is 6.06. The Labute approximate surface area is 119 Å². The Hall–Kier alpha value is -1.87. The fourth-order valence-corrected chi connectivity index (χ4v) is 2.42. The van der Waals surface area contributed by atoms with Crippen LogP contribution in [0.25, 0.3) is 0 Å². The van der Waals surface area contributed by atoms with Crippen molar-refractivity contribution in [1.82, 2.24) is 0 Å². The van der Waals surface area contributed by atoms with Gasteiger partial charge in [-0.15, -0.1) is 0 Å². The predicted octanol–water partition coefficient (Wildman–Crippen LogP) is 3.34. The van der Waals surface area contributed by atoms with E-state index in [0.717, 1.165) is 11.3 Å². The molecule has 2 nitrogen and oxygen atoms in total. The quantitative estimate of drug-likeness (QED) is 0.907. The number of para-hydroxylation sites is 1. The highest BCUT2D eigenvalue weighted by molar-refractivity contribution is 5.35. The van der Waals surface area contributed by atoms with Crippen LogP contribution in [0.5, 0.6) is 5.75 Å². The number of nitrogens with two attached hydrogens (primary N) is 1. The molecule has 1 atom stereocenters. The summed E-state index contributed by atoms with van der Waals surface area (Å²) in [6, 6.07) is 14.5. The number of methoxy groups -OCH3 is 1. The summed E-state index contributed by atoms with van der Waals surface area (Å²) in [7, 11) is 1.64. The fourth-order valence-electron chi connectivity index (χ4n) is 2.42. The van der Waals surface area contributed by atoms with Gasteiger partial charge in [-0.25, -0.2) is 4.39 Å². The van der Waals surface area contributed by atoms with E-state index in [1.807, 2.05) is 37.3 Å². The lowest BCUT2D eigenvalue weighted by Gasteiger charge is -2.26. The van der Waals surface area contributed by atoms with Gasteiger partial charge in [0.25, 0.3) is 0 Å². The first-order valence-corrected chi connectivity index (χ1v) is 6.66. The molecule has 2 aromatic rings.